The van der Waals surface area contributed by atoms with Crippen molar-refractivity contribution in [1.82, 2.24) is 24.6 Å². The van der Waals surface area contributed by atoms with Gasteiger partial charge in [-0.05, 0) is 50.5 Å². The molecule has 0 saturated carbocycles. The van der Waals surface area contributed by atoms with Crippen molar-refractivity contribution in [3.05, 3.63) is 41.6 Å². The average molecular weight is 467 g/mol. The third-order valence-corrected chi connectivity index (χ3v) is 6.55. The van der Waals surface area contributed by atoms with Crippen LogP contribution in [0.4, 0.5) is 10.2 Å². The van der Waals surface area contributed by atoms with E-state index in [9.17, 15) is 9.18 Å². The maximum Gasteiger partial charge on any atom is 0.222 e. The van der Waals surface area contributed by atoms with Crippen molar-refractivity contribution < 1.29 is 9.18 Å². The summed E-state index contributed by atoms with van der Waals surface area (Å²) in [4.78, 5) is 26.8. The fraction of sp³-hybridized carbons (Fsp3) is 0.538. The molecule has 1 aliphatic rings. The second-order valence-electron chi connectivity index (χ2n) is 9.24. The number of fused-ring (bicyclic) bond motifs is 1. The summed E-state index contributed by atoms with van der Waals surface area (Å²) >= 11 is 0. The van der Waals surface area contributed by atoms with Gasteiger partial charge in [0.25, 0.3) is 0 Å². The Balaban J connectivity index is 1.79. The smallest absolute Gasteiger partial charge is 0.222 e. The predicted octanol–water partition coefficient (Wildman–Crippen LogP) is 5.01. The van der Waals surface area contributed by atoms with Gasteiger partial charge in [0.1, 0.15) is 17.5 Å². The van der Waals surface area contributed by atoms with E-state index in [0.29, 0.717) is 13.0 Å². The molecule has 1 aliphatic heterocycles. The zero-order valence-electron chi connectivity index (χ0n) is 20.7. The van der Waals surface area contributed by atoms with Crippen molar-refractivity contribution >= 4 is 22.8 Å². The molecule has 1 aromatic carbocycles. The Morgan fingerprint density at radius 1 is 1.06 bits per heavy atom. The predicted molar refractivity (Wildman–Crippen MR) is 133 cm³/mol. The molecule has 0 spiro atoms. The van der Waals surface area contributed by atoms with E-state index in [1.165, 1.54) is 12.1 Å². The molecule has 0 aliphatic carbocycles. The number of rotatable bonds is 7. The van der Waals surface area contributed by atoms with Gasteiger partial charge in [-0.15, -0.1) is 0 Å². The lowest BCUT2D eigenvalue weighted by Gasteiger charge is -2.24. The van der Waals surface area contributed by atoms with Gasteiger partial charge >= 0.3 is 0 Å². The van der Waals surface area contributed by atoms with Crippen molar-refractivity contribution in [3.8, 4) is 5.69 Å². The lowest BCUT2D eigenvalue weighted by Crippen LogP contribution is -2.35. The van der Waals surface area contributed by atoms with Crippen LogP contribution in [0.25, 0.3) is 16.7 Å². The zero-order valence-corrected chi connectivity index (χ0v) is 20.7. The molecule has 4 rings (SSSR count). The average Bonchev–Trinajstić information content (AvgIpc) is 2.99. The number of aromatic nitrogens is 4. The zero-order chi connectivity index (χ0) is 24.2. The number of hydrogen-bond acceptors (Lipinski definition) is 5. The Morgan fingerprint density at radius 2 is 1.82 bits per heavy atom. The first-order chi connectivity index (χ1) is 16.4. The van der Waals surface area contributed by atoms with E-state index in [1.54, 1.807) is 16.8 Å². The van der Waals surface area contributed by atoms with Crippen LogP contribution >= 0.6 is 0 Å². The Labute approximate surface area is 201 Å². The van der Waals surface area contributed by atoms with E-state index in [4.69, 9.17) is 15.1 Å². The number of aryl methyl sites for hydroxylation is 1. The molecule has 0 N–H and O–H groups in total. The molecule has 182 valence electrons. The van der Waals surface area contributed by atoms with Crippen LogP contribution in [0.3, 0.4) is 0 Å². The Bertz CT molecular complexity index is 1140. The quantitative estimate of drug-likeness (QED) is 0.490. The van der Waals surface area contributed by atoms with Gasteiger partial charge < -0.3 is 9.80 Å². The number of carbonyl (C=O) groups is 1. The molecule has 1 unspecified atom stereocenters. The van der Waals surface area contributed by atoms with Gasteiger partial charge in [-0.3, -0.25) is 4.79 Å². The van der Waals surface area contributed by atoms with Crippen molar-refractivity contribution in [2.24, 2.45) is 0 Å². The molecule has 2 aromatic heterocycles. The van der Waals surface area contributed by atoms with Crippen LogP contribution in [0.2, 0.25) is 0 Å². The highest BCUT2D eigenvalue weighted by Crippen LogP contribution is 2.32. The van der Waals surface area contributed by atoms with E-state index in [-0.39, 0.29) is 17.6 Å². The molecule has 1 amide bonds. The molecule has 8 heteroatoms. The Morgan fingerprint density at radius 3 is 2.53 bits per heavy atom. The summed E-state index contributed by atoms with van der Waals surface area (Å²) < 4.78 is 15.4. The second kappa shape index (κ2) is 10.5. The summed E-state index contributed by atoms with van der Waals surface area (Å²) in [5.74, 6) is 1.85. The summed E-state index contributed by atoms with van der Waals surface area (Å²) in [6.45, 7) is 11.4. The van der Waals surface area contributed by atoms with Crippen LogP contribution in [-0.2, 0) is 4.79 Å². The highest BCUT2D eigenvalue weighted by atomic mass is 19.1. The Hall–Kier alpha value is -3.03. The topological polar surface area (TPSA) is 67.2 Å². The molecule has 1 atom stereocenters. The van der Waals surface area contributed by atoms with Crippen molar-refractivity contribution in [2.45, 2.75) is 65.7 Å². The van der Waals surface area contributed by atoms with Gasteiger partial charge in [0.05, 0.1) is 16.8 Å². The van der Waals surface area contributed by atoms with Crippen LogP contribution in [-0.4, -0.2) is 56.7 Å². The standard InChI is InChI=1S/C26H35FN6O/c1-5-8-18(3)24-28-25(32-15-7-14-31(16-17-32)22(34)9-6-2)23-19(4)30-33(26(23)29-24)21-12-10-20(27)11-13-21/h10-13,18H,5-9,14-17H2,1-4H3. The number of benzene rings is 1. The largest absolute Gasteiger partial charge is 0.354 e. The normalized spacial score (nSPS) is 15.6. The number of halogens is 1. The maximum absolute atomic E-state index is 13.6. The maximum atomic E-state index is 13.6. The molecule has 0 radical (unpaired) electrons. The minimum atomic E-state index is -0.281. The first-order valence-electron chi connectivity index (χ1n) is 12.5. The van der Waals surface area contributed by atoms with Gasteiger partial charge in [-0.2, -0.15) is 5.10 Å². The van der Waals surface area contributed by atoms with Gasteiger partial charge in [-0.1, -0.05) is 27.2 Å². The van der Waals surface area contributed by atoms with Crippen LogP contribution in [0.1, 0.15) is 70.3 Å². The third kappa shape index (κ3) is 4.91. The number of carbonyl (C=O) groups excluding carboxylic acids is 1. The van der Waals surface area contributed by atoms with Crippen molar-refractivity contribution in [1.29, 1.82) is 0 Å². The lowest BCUT2D eigenvalue weighted by molar-refractivity contribution is -0.131. The van der Waals surface area contributed by atoms with Gasteiger partial charge in [0.2, 0.25) is 5.91 Å². The molecule has 1 saturated heterocycles. The first-order valence-corrected chi connectivity index (χ1v) is 12.5. The van der Waals surface area contributed by atoms with Crippen LogP contribution in [0, 0.1) is 12.7 Å². The molecular formula is C26H35FN6O. The van der Waals surface area contributed by atoms with E-state index < -0.39 is 0 Å². The SMILES string of the molecule is CCCC(=O)N1CCCN(c2nc(C(C)CCC)nc3c2c(C)nn3-c2ccc(F)cc2)CC1. The number of amides is 1. The van der Waals surface area contributed by atoms with Crippen molar-refractivity contribution in [2.75, 3.05) is 31.1 Å². The van der Waals surface area contributed by atoms with Crippen LogP contribution in [0.15, 0.2) is 24.3 Å². The minimum Gasteiger partial charge on any atom is -0.354 e. The molecule has 3 heterocycles. The summed E-state index contributed by atoms with van der Waals surface area (Å²) in [5.41, 5.74) is 2.35. The van der Waals surface area contributed by atoms with Gasteiger partial charge in [0.15, 0.2) is 5.65 Å². The summed E-state index contributed by atoms with van der Waals surface area (Å²) in [6.07, 6.45) is 4.40. The number of nitrogens with zero attached hydrogens (tertiary/aromatic N) is 6. The monoisotopic (exact) mass is 466 g/mol. The fourth-order valence-corrected chi connectivity index (χ4v) is 4.70. The summed E-state index contributed by atoms with van der Waals surface area (Å²) in [5, 5.41) is 5.70. The van der Waals surface area contributed by atoms with E-state index >= 15 is 0 Å². The molecule has 0 bridgehead atoms. The van der Waals surface area contributed by atoms with Crippen molar-refractivity contribution in [3.63, 3.8) is 0 Å². The molecule has 1 fully saturated rings. The molecule has 7 nitrogen and oxygen atoms in total. The van der Waals surface area contributed by atoms with E-state index in [1.807, 2.05) is 18.7 Å². The molecular weight excluding hydrogens is 431 g/mol. The van der Waals surface area contributed by atoms with Crippen LogP contribution < -0.4 is 4.90 Å². The number of anilines is 1. The first kappa shape index (κ1) is 24.1. The highest BCUT2D eigenvalue weighted by molar-refractivity contribution is 5.91. The minimum absolute atomic E-state index is 0.208. The summed E-state index contributed by atoms with van der Waals surface area (Å²) in [6, 6.07) is 6.33. The van der Waals surface area contributed by atoms with Gasteiger partial charge in [-0.25, -0.2) is 19.0 Å². The third-order valence-electron chi connectivity index (χ3n) is 6.55. The summed E-state index contributed by atoms with van der Waals surface area (Å²) in [7, 11) is 0. The molecule has 3 aromatic rings. The highest BCUT2D eigenvalue weighted by Gasteiger charge is 2.25. The second-order valence-corrected chi connectivity index (χ2v) is 9.24. The lowest BCUT2D eigenvalue weighted by atomic mass is 10.1. The Kier molecular flexibility index (Phi) is 7.44. The van der Waals surface area contributed by atoms with E-state index in [0.717, 1.165) is 79.4 Å². The number of hydrogen-bond donors (Lipinski definition) is 0. The van der Waals surface area contributed by atoms with Gasteiger partial charge in [0, 0.05) is 38.5 Å². The fourth-order valence-electron chi connectivity index (χ4n) is 4.70. The van der Waals surface area contributed by atoms with Crippen LogP contribution in [0.5, 0.6) is 0 Å². The molecule has 34 heavy (non-hydrogen) atoms. The van der Waals surface area contributed by atoms with E-state index in [2.05, 4.69) is 18.7 Å².